The first-order valence-corrected chi connectivity index (χ1v) is 9.57. The van der Waals surface area contributed by atoms with Gasteiger partial charge in [-0.2, -0.15) is 0 Å². The smallest absolute Gasteiger partial charge is 0.333 e. The van der Waals surface area contributed by atoms with Gasteiger partial charge in [-0.05, 0) is 23.1 Å². The molecular weight excluding hydrogens is 362 g/mol. The molecule has 1 aliphatic carbocycles. The van der Waals surface area contributed by atoms with Crippen molar-refractivity contribution < 1.29 is 19.1 Å². The first-order chi connectivity index (χ1) is 13.0. The maximum Gasteiger partial charge on any atom is 0.333 e. The molecular formula is C21H21NO4S. The third-order valence-corrected chi connectivity index (χ3v) is 5.82. The zero-order chi connectivity index (χ0) is 19.4. The molecule has 1 N–H and O–H groups in total. The van der Waals surface area contributed by atoms with Crippen molar-refractivity contribution in [2.24, 2.45) is 5.92 Å². The highest BCUT2D eigenvalue weighted by Crippen LogP contribution is 2.45. The topological polar surface area (TPSA) is 72.5 Å². The predicted molar refractivity (Wildman–Crippen MR) is 104 cm³/mol. The second kappa shape index (κ2) is 8.39. The number of esters is 1. The zero-order valence-corrected chi connectivity index (χ0v) is 16.0. The number of methoxy groups -OCH3 is 1. The number of hydrogen-bond donors (Lipinski definition) is 1. The number of amides is 1. The quantitative estimate of drug-likeness (QED) is 0.803. The van der Waals surface area contributed by atoms with Gasteiger partial charge in [-0.15, -0.1) is 0 Å². The van der Waals surface area contributed by atoms with E-state index in [1.165, 1.54) is 14.0 Å². The lowest BCUT2D eigenvalue weighted by atomic mass is 10.0. The van der Waals surface area contributed by atoms with Crippen LogP contribution in [0.2, 0.25) is 0 Å². The number of fused-ring (bicyclic) bond motifs is 1. The number of carbonyl (C=O) groups excluding carboxylic acids is 3. The van der Waals surface area contributed by atoms with Gasteiger partial charge >= 0.3 is 5.97 Å². The molecule has 0 spiro atoms. The predicted octanol–water partition coefficient (Wildman–Crippen LogP) is 3.21. The van der Waals surface area contributed by atoms with E-state index in [4.69, 9.17) is 4.74 Å². The number of benzene rings is 2. The largest absolute Gasteiger partial charge is 0.467 e. The molecule has 2 aromatic carbocycles. The van der Waals surface area contributed by atoms with Gasteiger partial charge in [0.25, 0.3) is 0 Å². The normalized spacial score (nSPS) is 19.0. The van der Waals surface area contributed by atoms with Crippen LogP contribution in [0.1, 0.15) is 34.9 Å². The van der Waals surface area contributed by atoms with Crippen LogP contribution in [0, 0.1) is 5.92 Å². The Kier molecular flexibility index (Phi) is 5.96. The van der Waals surface area contributed by atoms with Gasteiger partial charge in [-0.1, -0.05) is 66.4 Å². The Morgan fingerprint density at radius 3 is 2.41 bits per heavy atom. The molecule has 0 bridgehead atoms. The highest BCUT2D eigenvalue weighted by atomic mass is 32.2. The maximum absolute atomic E-state index is 13.1. The Bertz CT molecular complexity index is 852. The summed E-state index contributed by atoms with van der Waals surface area (Å²) < 4.78 is 4.87. The van der Waals surface area contributed by atoms with Crippen molar-refractivity contribution in [1.29, 1.82) is 0 Å². The number of ether oxygens (including phenoxy) is 1. The van der Waals surface area contributed by atoms with Gasteiger partial charge < -0.3 is 10.1 Å². The Labute approximate surface area is 162 Å². The van der Waals surface area contributed by atoms with Crippen molar-refractivity contribution >= 4 is 28.8 Å². The van der Waals surface area contributed by atoms with Crippen molar-refractivity contribution in [3.05, 3.63) is 71.3 Å². The molecule has 2 aromatic rings. The molecule has 0 saturated carbocycles. The van der Waals surface area contributed by atoms with Crippen LogP contribution in [-0.2, 0) is 25.5 Å². The Morgan fingerprint density at radius 2 is 1.74 bits per heavy atom. The minimum atomic E-state index is -0.879. The summed E-state index contributed by atoms with van der Waals surface area (Å²) in [6.07, 6.45) is 0.537. The van der Waals surface area contributed by atoms with Crippen molar-refractivity contribution in [2.45, 2.75) is 24.6 Å². The maximum atomic E-state index is 13.1. The van der Waals surface area contributed by atoms with Crippen LogP contribution in [-0.4, -0.2) is 24.1 Å². The lowest BCUT2D eigenvalue weighted by Crippen LogP contribution is -2.39. The van der Waals surface area contributed by atoms with E-state index < -0.39 is 17.9 Å². The standard InChI is InChI=1S/C21H21NO4S/c1-13(23)27-19-16-11-7-6-10-15(16)12-17(19)20(24)22-18(21(25)26-2)14-8-4-3-5-9-14/h3-11,17-19H,12H2,1-2H3,(H,22,24)/t17?,18-,19?/m1/s1. The molecule has 0 saturated heterocycles. The molecule has 0 fully saturated rings. The molecule has 1 amide bonds. The van der Waals surface area contributed by atoms with Crippen molar-refractivity contribution in [3.8, 4) is 0 Å². The highest BCUT2D eigenvalue weighted by molar-refractivity contribution is 8.13. The SMILES string of the molecule is COC(=O)[C@H](NC(=O)C1Cc2ccccc2C1SC(C)=O)c1ccccc1. The minimum Gasteiger partial charge on any atom is -0.467 e. The lowest BCUT2D eigenvalue weighted by Gasteiger charge is -2.22. The van der Waals surface area contributed by atoms with E-state index in [0.717, 1.165) is 22.9 Å². The first-order valence-electron chi connectivity index (χ1n) is 8.69. The summed E-state index contributed by atoms with van der Waals surface area (Å²) in [5.74, 6) is -1.21. The van der Waals surface area contributed by atoms with Gasteiger partial charge in [-0.3, -0.25) is 9.59 Å². The summed E-state index contributed by atoms with van der Waals surface area (Å²) in [6, 6.07) is 15.9. The fourth-order valence-corrected chi connectivity index (χ4v) is 4.50. The zero-order valence-electron chi connectivity index (χ0n) is 15.2. The first kappa shape index (κ1) is 19.2. The molecule has 3 atom stereocenters. The van der Waals surface area contributed by atoms with Crippen LogP contribution < -0.4 is 5.32 Å². The van der Waals surface area contributed by atoms with Gasteiger partial charge in [0.1, 0.15) is 0 Å². The van der Waals surface area contributed by atoms with Gasteiger partial charge in [0.15, 0.2) is 11.2 Å². The third-order valence-electron chi connectivity index (χ3n) is 4.65. The highest BCUT2D eigenvalue weighted by Gasteiger charge is 2.39. The monoisotopic (exact) mass is 383 g/mol. The van der Waals surface area contributed by atoms with E-state index in [1.807, 2.05) is 30.3 Å². The summed E-state index contributed by atoms with van der Waals surface area (Å²) >= 11 is 1.16. The minimum absolute atomic E-state index is 0.0397. The summed E-state index contributed by atoms with van der Waals surface area (Å²) in [5.41, 5.74) is 2.72. The molecule has 5 nitrogen and oxygen atoms in total. The molecule has 0 aliphatic heterocycles. The second-order valence-electron chi connectivity index (χ2n) is 6.41. The summed E-state index contributed by atoms with van der Waals surface area (Å²) in [6.45, 7) is 1.50. The average Bonchev–Trinajstić information content (AvgIpc) is 3.04. The van der Waals surface area contributed by atoms with E-state index in [1.54, 1.807) is 24.3 Å². The Hall–Kier alpha value is -2.60. The number of nitrogens with one attached hydrogen (secondary N) is 1. The summed E-state index contributed by atoms with van der Waals surface area (Å²) in [5, 5.41) is 2.53. The van der Waals surface area contributed by atoms with Gasteiger partial charge in [0.2, 0.25) is 5.91 Å². The van der Waals surface area contributed by atoms with Crippen LogP contribution >= 0.6 is 11.8 Å². The fourth-order valence-electron chi connectivity index (χ4n) is 3.40. The third kappa shape index (κ3) is 4.22. The Balaban J connectivity index is 1.85. The number of thioether (sulfide) groups is 1. The van der Waals surface area contributed by atoms with Crippen LogP contribution in [0.15, 0.2) is 54.6 Å². The van der Waals surface area contributed by atoms with Gasteiger partial charge in [0, 0.05) is 12.2 Å². The van der Waals surface area contributed by atoms with E-state index in [9.17, 15) is 14.4 Å². The van der Waals surface area contributed by atoms with Crippen molar-refractivity contribution in [1.82, 2.24) is 5.32 Å². The molecule has 6 heteroatoms. The molecule has 27 heavy (non-hydrogen) atoms. The Morgan fingerprint density at radius 1 is 1.07 bits per heavy atom. The van der Waals surface area contributed by atoms with E-state index >= 15 is 0 Å². The van der Waals surface area contributed by atoms with Crippen LogP contribution in [0.3, 0.4) is 0 Å². The van der Waals surface area contributed by atoms with Gasteiger partial charge in [0.05, 0.1) is 13.0 Å². The molecule has 0 aromatic heterocycles. The average molecular weight is 383 g/mol. The van der Waals surface area contributed by atoms with E-state index in [-0.39, 0.29) is 16.3 Å². The molecule has 0 radical (unpaired) electrons. The van der Waals surface area contributed by atoms with Crippen LogP contribution in [0.5, 0.6) is 0 Å². The lowest BCUT2D eigenvalue weighted by molar-refractivity contribution is -0.145. The molecule has 2 unspecified atom stereocenters. The van der Waals surface area contributed by atoms with Crippen molar-refractivity contribution in [2.75, 3.05) is 7.11 Å². The molecule has 1 aliphatic rings. The van der Waals surface area contributed by atoms with E-state index in [2.05, 4.69) is 5.32 Å². The van der Waals surface area contributed by atoms with Crippen LogP contribution in [0.4, 0.5) is 0 Å². The summed E-state index contributed by atoms with van der Waals surface area (Å²) in [7, 11) is 1.30. The van der Waals surface area contributed by atoms with E-state index in [0.29, 0.717) is 12.0 Å². The van der Waals surface area contributed by atoms with Crippen LogP contribution in [0.25, 0.3) is 0 Å². The second-order valence-corrected chi connectivity index (χ2v) is 7.73. The van der Waals surface area contributed by atoms with Crippen molar-refractivity contribution in [3.63, 3.8) is 0 Å². The number of hydrogen-bond acceptors (Lipinski definition) is 5. The molecule has 140 valence electrons. The summed E-state index contributed by atoms with van der Waals surface area (Å²) in [4.78, 5) is 37.0. The molecule has 0 heterocycles. The molecule has 3 rings (SSSR count). The fraction of sp³-hybridized carbons (Fsp3) is 0.286. The number of carbonyl (C=O) groups is 3. The van der Waals surface area contributed by atoms with Gasteiger partial charge in [-0.25, -0.2) is 4.79 Å². The number of rotatable bonds is 5.